The first-order valence-corrected chi connectivity index (χ1v) is 2.98. The molecule has 0 aliphatic heterocycles. The predicted molar refractivity (Wildman–Crippen MR) is 35.7 cm³/mol. The molecule has 54 valence electrons. The summed E-state index contributed by atoms with van der Waals surface area (Å²) in [5, 5.41) is 0. The maximum atomic E-state index is 10.2. The van der Waals surface area contributed by atoms with Crippen LogP contribution in [0.1, 0.15) is 23.2 Å². The van der Waals surface area contributed by atoms with Crippen LogP contribution in [0.25, 0.3) is 0 Å². The quantitative estimate of drug-likeness (QED) is 0.612. The minimum atomic E-state index is 0.0546. The lowest BCUT2D eigenvalue weighted by molar-refractivity contribution is 0.111. The largest absolute Gasteiger partial charge is 0.428 e. The highest BCUT2D eigenvalue weighted by Gasteiger charge is 2.06. The molecule has 0 unspecified atom stereocenters. The van der Waals surface area contributed by atoms with Crippen LogP contribution in [0.15, 0.2) is 4.42 Å². The molecule has 0 atom stereocenters. The van der Waals surface area contributed by atoms with E-state index in [0.29, 0.717) is 24.2 Å². The van der Waals surface area contributed by atoms with Crippen molar-refractivity contribution in [3.63, 3.8) is 0 Å². The fraction of sp³-hybridized carbons (Fsp3) is 0.333. The highest BCUT2D eigenvalue weighted by molar-refractivity contribution is 5.73. The lowest BCUT2D eigenvalue weighted by atomic mass is 10.3. The van der Waals surface area contributed by atoms with E-state index in [-0.39, 0.29) is 6.01 Å². The molecule has 0 fully saturated rings. The number of aryl methyl sites for hydroxylation is 1. The number of oxazole rings is 1. The van der Waals surface area contributed by atoms with Crippen LogP contribution in [-0.2, 0) is 6.42 Å². The van der Waals surface area contributed by atoms with Gasteiger partial charge in [-0.1, -0.05) is 6.92 Å². The first kappa shape index (κ1) is 6.80. The molecule has 0 saturated carbocycles. The van der Waals surface area contributed by atoms with E-state index >= 15 is 0 Å². The van der Waals surface area contributed by atoms with Gasteiger partial charge in [0.25, 0.3) is 6.01 Å². The number of hydrogen-bond donors (Lipinski definition) is 1. The molecule has 1 heterocycles. The third-order valence-corrected chi connectivity index (χ3v) is 1.18. The molecule has 0 spiro atoms. The van der Waals surface area contributed by atoms with Gasteiger partial charge < -0.3 is 10.2 Å². The van der Waals surface area contributed by atoms with E-state index in [0.717, 1.165) is 0 Å². The molecule has 1 aromatic heterocycles. The number of carbonyl (C=O) groups excluding carboxylic acids is 1. The lowest BCUT2D eigenvalue weighted by Crippen LogP contribution is -1.86. The number of rotatable bonds is 2. The summed E-state index contributed by atoms with van der Waals surface area (Å²) < 4.78 is 4.89. The van der Waals surface area contributed by atoms with Gasteiger partial charge in [-0.2, -0.15) is 4.98 Å². The molecule has 0 aliphatic rings. The van der Waals surface area contributed by atoms with Crippen molar-refractivity contribution < 1.29 is 9.21 Å². The Bertz CT molecular complexity index is 242. The number of anilines is 1. The summed E-state index contributed by atoms with van der Waals surface area (Å²) >= 11 is 0. The zero-order valence-electron chi connectivity index (χ0n) is 5.63. The summed E-state index contributed by atoms with van der Waals surface area (Å²) in [6.07, 6.45) is 1.27. The minimum absolute atomic E-state index is 0.0546. The Hall–Kier alpha value is -1.32. The van der Waals surface area contributed by atoms with Gasteiger partial charge in [-0.25, -0.2) is 0 Å². The summed E-state index contributed by atoms with van der Waals surface area (Å²) in [6.45, 7) is 1.87. The zero-order chi connectivity index (χ0) is 7.56. The first-order valence-electron chi connectivity index (χ1n) is 2.98. The molecule has 4 nitrogen and oxygen atoms in total. The molecule has 1 aromatic rings. The van der Waals surface area contributed by atoms with Crippen LogP contribution in [0.4, 0.5) is 6.01 Å². The molecule has 0 bridgehead atoms. The molecular weight excluding hydrogens is 132 g/mol. The first-order chi connectivity index (χ1) is 4.77. The van der Waals surface area contributed by atoms with Gasteiger partial charge in [-0.15, -0.1) is 0 Å². The summed E-state index contributed by atoms with van der Waals surface area (Å²) in [4.78, 5) is 13.9. The molecule has 4 heteroatoms. The van der Waals surface area contributed by atoms with Crippen molar-refractivity contribution in [2.75, 3.05) is 5.73 Å². The van der Waals surface area contributed by atoms with Crippen molar-refractivity contribution in [1.29, 1.82) is 0 Å². The minimum Gasteiger partial charge on any atom is -0.428 e. The second-order valence-electron chi connectivity index (χ2n) is 1.83. The molecular formula is C6H8N2O2. The van der Waals surface area contributed by atoms with Crippen LogP contribution in [0.5, 0.6) is 0 Å². The number of hydrogen-bond acceptors (Lipinski definition) is 4. The SMILES string of the molecule is CCc1oc(N)nc1C=O. The van der Waals surface area contributed by atoms with Crippen LogP contribution < -0.4 is 5.73 Å². The molecule has 10 heavy (non-hydrogen) atoms. The zero-order valence-corrected chi connectivity index (χ0v) is 5.63. The van der Waals surface area contributed by atoms with E-state index < -0.39 is 0 Å². The van der Waals surface area contributed by atoms with Gasteiger partial charge >= 0.3 is 0 Å². The number of nitrogens with two attached hydrogens (primary N) is 1. The molecule has 0 radical (unpaired) electrons. The van der Waals surface area contributed by atoms with E-state index in [9.17, 15) is 4.79 Å². The topological polar surface area (TPSA) is 69.1 Å². The van der Waals surface area contributed by atoms with Gasteiger partial charge in [0.15, 0.2) is 6.29 Å². The van der Waals surface area contributed by atoms with E-state index in [1.165, 1.54) is 0 Å². The van der Waals surface area contributed by atoms with Crippen LogP contribution in [-0.4, -0.2) is 11.3 Å². The van der Waals surface area contributed by atoms with E-state index in [1.54, 1.807) is 0 Å². The second-order valence-corrected chi connectivity index (χ2v) is 1.83. The second kappa shape index (κ2) is 2.51. The third-order valence-electron chi connectivity index (χ3n) is 1.18. The number of aromatic nitrogens is 1. The van der Waals surface area contributed by atoms with Crippen molar-refractivity contribution in [2.24, 2.45) is 0 Å². The lowest BCUT2D eigenvalue weighted by Gasteiger charge is -1.84. The highest BCUT2D eigenvalue weighted by Crippen LogP contribution is 2.10. The maximum absolute atomic E-state index is 10.2. The number of aldehydes is 1. The molecule has 1 rings (SSSR count). The van der Waals surface area contributed by atoms with E-state index in [1.807, 2.05) is 6.92 Å². The molecule has 0 aliphatic carbocycles. The van der Waals surface area contributed by atoms with Crippen LogP contribution in [0.2, 0.25) is 0 Å². The van der Waals surface area contributed by atoms with E-state index in [2.05, 4.69) is 4.98 Å². The third kappa shape index (κ3) is 1.00. The number of nitrogen functional groups attached to an aromatic ring is 1. The average molecular weight is 140 g/mol. The Morgan fingerprint density at radius 1 is 1.80 bits per heavy atom. The van der Waals surface area contributed by atoms with Crippen molar-refractivity contribution >= 4 is 12.3 Å². The standard InChI is InChI=1S/C6H8N2O2/c1-2-5-4(3-9)8-6(7)10-5/h3H,2H2,1H3,(H2,7,8). The van der Waals surface area contributed by atoms with Crippen molar-refractivity contribution in [3.05, 3.63) is 11.5 Å². The summed E-state index contributed by atoms with van der Waals surface area (Å²) in [5.41, 5.74) is 5.50. The Kier molecular flexibility index (Phi) is 1.71. The van der Waals surface area contributed by atoms with Crippen LogP contribution in [0.3, 0.4) is 0 Å². The van der Waals surface area contributed by atoms with Crippen LogP contribution >= 0.6 is 0 Å². The van der Waals surface area contributed by atoms with Gasteiger partial charge in [0.1, 0.15) is 11.5 Å². The Morgan fingerprint density at radius 2 is 2.50 bits per heavy atom. The van der Waals surface area contributed by atoms with Crippen LogP contribution in [0, 0.1) is 0 Å². The maximum Gasteiger partial charge on any atom is 0.292 e. The smallest absolute Gasteiger partial charge is 0.292 e. The highest BCUT2D eigenvalue weighted by atomic mass is 16.4. The molecule has 2 N–H and O–H groups in total. The Balaban J connectivity index is 3.08. The molecule has 0 amide bonds. The summed E-state index contributed by atoms with van der Waals surface area (Å²) in [6, 6.07) is 0.0546. The summed E-state index contributed by atoms with van der Waals surface area (Å²) in [7, 11) is 0. The van der Waals surface area contributed by atoms with Gasteiger partial charge in [-0.05, 0) is 0 Å². The monoisotopic (exact) mass is 140 g/mol. The van der Waals surface area contributed by atoms with Gasteiger partial charge in [0.05, 0.1) is 0 Å². The number of carbonyl (C=O) groups is 1. The van der Waals surface area contributed by atoms with Gasteiger partial charge in [0.2, 0.25) is 0 Å². The van der Waals surface area contributed by atoms with E-state index in [4.69, 9.17) is 10.2 Å². The van der Waals surface area contributed by atoms with Gasteiger partial charge in [0, 0.05) is 6.42 Å². The predicted octanol–water partition coefficient (Wildman–Crippen LogP) is 0.632. The van der Waals surface area contributed by atoms with Crippen molar-refractivity contribution in [3.8, 4) is 0 Å². The Morgan fingerprint density at radius 3 is 2.90 bits per heavy atom. The average Bonchev–Trinajstić information content (AvgIpc) is 2.30. The van der Waals surface area contributed by atoms with Gasteiger partial charge in [-0.3, -0.25) is 4.79 Å². The normalized spacial score (nSPS) is 9.70. The van der Waals surface area contributed by atoms with Crippen molar-refractivity contribution in [1.82, 2.24) is 4.98 Å². The summed E-state index contributed by atoms with van der Waals surface area (Å²) in [5.74, 6) is 0.549. The fourth-order valence-corrected chi connectivity index (χ4v) is 0.728. The van der Waals surface area contributed by atoms with Crippen molar-refractivity contribution in [2.45, 2.75) is 13.3 Å². The molecule has 0 saturated heterocycles. The fourth-order valence-electron chi connectivity index (χ4n) is 0.728. The Labute approximate surface area is 58.0 Å². The number of nitrogens with zero attached hydrogens (tertiary/aromatic N) is 1. The molecule has 0 aromatic carbocycles.